The molecular formula is C21H21N3O3S. The van der Waals surface area contributed by atoms with Gasteiger partial charge in [0.1, 0.15) is 5.82 Å². The first-order valence-electron chi connectivity index (χ1n) is 9.10. The van der Waals surface area contributed by atoms with Crippen LogP contribution in [0.25, 0.3) is 5.69 Å². The lowest BCUT2D eigenvalue weighted by atomic mass is 10.1. The number of para-hydroxylation sites is 1. The molecule has 4 rings (SSSR count). The Bertz CT molecular complexity index is 984. The summed E-state index contributed by atoms with van der Waals surface area (Å²) in [5, 5.41) is 5.26. The van der Waals surface area contributed by atoms with E-state index in [2.05, 4.69) is 5.10 Å². The van der Waals surface area contributed by atoms with Gasteiger partial charge in [0, 0.05) is 11.5 Å². The van der Waals surface area contributed by atoms with Crippen molar-refractivity contribution < 1.29 is 14.3 Å². The lowest BCUT2D eigenvalue weighted by molar-refractivity contribution is 0.102. The fraction of sp³-hybridized carbons (Fsp3) is 0.286. The number of hydrogen-bond acceptors (Lipinski definition) is 6. The number of nitrogens with zero attached hydrogens (tertiary/aromatic N) is 3. The van der Waals surface area contributed by atoms with Crippen molar-refractivity contribution >= 4 is 17.5 Å². The standard InChI is InChI=1S/C21H21N3O3S/c1-26-18-11-10-15(12-19(18)27-2)17(25)13-28-21-22-20(14-8-9-14)24(23-21)16-6-4-3-5-7-16/h3-7,10-12,14H,8-9,13H2,1-2H3. The second-order valence-electron chi connectivity index (χ2n) is 6.56. The van der Waals surface area contributed by atoms with Crippen molar-refractivity contribution in [1.29, 1.82) is 0 Å². The van der Waals surface area contributed by atoms with Crippen molar-refractivity contribution in [3.63, 3.8) is 0 Å². The van der Waals surface area contributed by atoms with Gasteiger partial charge in [-0.15, -0.1) is 5.10 Å². The van der Waals surface area contributed by atoms with Crippen molar-refractivity contribution in [1.82, 2.24) is 14.8 Å². The fourth-order valence-electron chi connectivity index (χ4n) is 2.95. The van der Waals surface area contributed by atoms with Crippen molar-refractivity contribution in [2.75, 3.05) is 20.0 Å². The molecule has 1 aromatic heterocycles. The number of methoxy groups -OCH3 is 2. The number of carbonyl (C=O) groups excluding carboxylic acids is 1. The van der Waals surface area contributed by atoms with E-state index in [0.29, 0.717) is 28.1 Å². The van der Waals surface area contributed by atoms with Crippen LogP contribution >= 0.6 is 11.8 Å². The average Bonchev–Trinajstić information content (AvgIpc) is 3.51. The molecule has 1 aliphatic carbocycles. The number of thioether (sulfide) groups is 1. The van der Waals surface area contributed by atoms with Crippen molar-refractivity contribution in [3.05, 3.63) is 59.9 Å². The molecule has 28 heavy (non-hydrogen) atoms. The van der Waals surface area contributed by atoms with Gasteiger partial charge in [0.05, 0.1) is 25.7 Å². The van der Waals surface area contributed by atoms with Gasteiger partial charge in [-0.2, -0.15) is 0 Å². The molecule has 1 aliphatic rings. The maximum Gasteiger partial charge on any atom is 0.209 e. The molecule has 0 bridgehead atoms. The van der Waals surface area contributed by atoms with E-state index in [1.54, 1.807) is 32.4 Å². The molecule has 2 aromatic carbocycles. The predicted molar refractivity (Wildman–Crippen MR) is 108 cm³/mol. The highest BCUT2D eigenvalue weighted by Crippen LogP contribution is 2.40. The topological polar surface area (TPSA) is 66.2 Å². The van der Waals surface area contributed by atoms with Crippen LogP contribution in [0.1, 0.15) is 34.9 Å². The zero-order valence-electron chi connectivity index (χ0n) is 15.8. The molecule has 6 nitrogen and oxygen atoms in total. The molecule has 1 heterocycles. The van der Waals surface area contributed by atoms with Crippen LogP contribution in [0, 0.1) is 0 Å². The summed E-state index contributed by atoms with van der Waals surface area (Å²) in [6.45, 7) is 0. The minimum Gasteiger partial charge on any atom is -0.493 e. The van der Waals surface area contributed by atoms with Gasteiger partial charge in [-0.1, -0.05) is 30.0 Å². The highest BCUT2D eigenvalue weighted by Gasteiger charge is 2.30. The van der Waals surface area contributed by atoms with Crippen LogP contribution in [-0.2, 0) is 0 Å². The molecule has 0 amide bonds. The second kappa shape index (κ2) is 8.06. The average molecular weight is 395 g/mol. The van der Waals surface area contributed by atoms with E-state index in [9.17, 15) is 4.79 Å². The van der Waals surface area contributed by atoms with Gasteiger partial charge in [-0.05, 0) is 43.2 Å². The number of ketones is 1. The smallest absolute Gasteiger partial charge is 0.209 e. The Morgan fingerprint density at radius 2 is 1.86 bits per heavy atom. The highest BCUT2D eigenvalue weighted by atomic mass is 32.2. The van der Waals surface area contributed by atoms with E-state index >= 15 is 0 Å². The first kappa shape index (κ1) is 18.6. The summed E-state index contributed by atoms with van der Waals surface area (Å²) in [5.41, 5.74) is 1.57. The van der Waals surface area contributed by atoms with Crippen LogP contribution in [0.5, 0.6) is 11.5 Å². The summed E-state index contributed by atoms with van der Waals surface area (Å²) in [4.78, 5) is 17.3. The number of rotatable bonds is 8. The van der Waals surface area contributed by atoms with Gasteiger partial charge in [0.25, 0.3) is 0 Å². The lowest BCUT2D eigenvalue weighted by Gasteiger charge is -2.08. The second-order valence-corrected chi connectivity index (χ2v) is 7.50. The molecule has 1 saturated carbocycles. The molecule has 0 radical (unpaired) electrons. The van der Waals surface area contributed by atoms with Gasteiger partial charge < -0.3 is 9.47 Å². The molecule has 1 fully saturated rings. The lowest BCUT2D eigenvalue weighted by Crippen LogP contribution is -2.04. The number of carbonyl (C=O) groups is 1. The largest absolute Gasteiger partial charge is 0.493 e. The van der Waals surface area contributed by atoms with Gasteiger partial charge in [-0.3, -0.25) is 4.79 Å². The summed E-state index contributed by atoms with van der Waals surface area (Å²) in [7, 11) is 3.13. The van der Waals surface area contributed by atoms with Crippen LogP contribution in [0.3, 0.4) is 0 Å². The maximum absolute atomic E-state index is 12.6. The number of ether oxygens (including phenoxy) is 2. The highest BCUT2D eigenvalue weighted by molar-refractivity contribution is 7.99. The third kappa shape index (κ3) is 3.89. The molecule has 144 valence electrons. The predicted octanol–water partition coefficient (Wildman–Crippen LogP) is 4.14. The van der Waals surface area contributed by atoms with E-state index in [1.165, 1.54) is 11.8 Å². The Labute approximate surface area is 167 Å². The molecule has 0 unspecified atom stereocenters. The van der Waals surface area contributed by atoms with Crippen LogP contribution in [-0.4, -0.2) is 40.5 Å². The molecule has 0 saturated heterocycles. The Morgan fingerprint density at radius 1 is 1.11 bits per heavy atom. The van der Waals surface area contributed by atoms with Gasteiger partial charge in [-0.25, -0.2) is 9.67 Å². The van der Waals surface area contributed by atoms with Gasteiger partial charge in [0.15, 0.2) is 17.3 Å². The normalized spacial score (nSPS) is 13.4. The monoisotopic (exact) mass is 395 g/mol. The SMILES string of the molecule is COc1ccc(C(=O)CSc2nc(C3CC3)n(-c3ccccc3)n2)cc1OC. The van der Waals surface area contributed by atoms with Crippen molar-refractivity contribution in [2.24, 2.45) is 0 Å². The molecule has 0 N–H and O–H groups in total. The number of aromatic nitrogens is 3. The van der Waals surface area contributed by atoms with Crippen LogP contribution < -0.4 is 9.47 Å². The maximum atomic E-state index is 12.6. The Kier molecular flexibility index (Phi) is 5.34. The summed E-state index contributed by atoms with van der Waals surface area (Å²) in [5.74, 6) is 2.84. The zero-order valence-corrected chi connectivity index (χ0v) is 16.6. The minimum atomic E-state index is -0.00464. The Hall–Kier alpha value is -2.80. The third-order valence-corrected chi connectivity index (χ3v) is 5.43. The van der Waals surface area contributed by atoms with Crippen LogP contribution in [0.2, 0.25) is 0 Å². The molecule has 7 heteroatoms. The first-order chi connectivity index (χ1) is 13.7. The minimum absolute atomic E-state index is 0.00464. The van der Waals surface area contributed by atoms with E-state index in [4.69, 9.17) is 14.5 Å². The summed E-state index contributed by atoms with van der Waals surface area (Å²) >= 11 is 1.36. The molecule has 0 spiro atoms. The third-order valence-electron chi connectivity index (χ3n) is 4.59. The number of benzene rings is 2. The van der Waals surface area contributed by atoms with E-state index < -0.39 is 0 Å². The van der Waals surface area contributed by atoms with Crippen LogP contribution in [0.15, 0.2) is 53.7 Å². The van der Waals surface area contributed by atoms with Crippen molar-refractivity contribution in [3.8, 4) is 17.2 Å². The summed E-state index contributed by atoms with van der Waals surface area (Å²) in [6, 6.07) is 15.2. The van der Waals surface area contributed by atoms with E-state index in [-0.39, 0.29) is 11.5 Å². The molecular weight excluding hydrogens is 374 g/mol. The quantitative estimate of drug-likeness (QED) is 0.422. The molecule has 3 aromatic rings. The number of hydrogen-bond donors (Lipinski definition) is 0. The number of Topliss-reactive ketones (excluding diaryl/α,β-unsaturated/α-hetero) is 1. The summed E-state index contributed by atoms with van der Waals surface area (Å²) in [6.07, 6.45) is 2.28. The first-order valence-corrected chi connectivity index (χ1v) is 10.1. The van der Waals surface area contributed by atoms with Gasteiger partial charge in [0.2, 0.25) is 5.16 Å². The zero-order chi connectivity index (χ0) is 19.5. The fourth-order valence-corrected chi connectivity index (χ4v) is 3.68. The molecule has 0 aliphatic heterocycles. The van der Waals surface area contributed by atoms with Crippen molar-refractivity contribution in [2.45, 2.75) is 23.9 Å². The van der Waals surface area contributed by atoms with Gasteiger partial charge >= 0.3 is 0 Å². The van der Waals surface area contributed by atoms with E-state index in [0.717, 1.165) is 24.4 Å². The Morgan fingerprint density at radius 3 is 2.54 bits per heavy atom. The Balaban J connectivity index is 1.50. The summed E-state index contributed by atoms with van der Waals surface area (Å²) < 4.78 is 12.4. The van der Waals surface area contributed by atoms with Crippen LogP contribution in [0.4, 0.5) is 0 Å². The van der Waals surface area contributed by atoms with E-state index in [1.807, 2.05) is 35.0 Å². The molecule has 0 atom stereocenters.